The van der Waals surface area contributed by atoms with Crippen LogP contribution in [0.25, 0.3) is 0 Å². The number of hydrogen-bond donors (Lipinski definition) is 2. The molecule has 0 aromatic carbocycles. The summed E-state index contributed by atoms with van der Waals surface area (Å²) in [5, 5.41) is 6.95. The van der Waals surface area contributed by atoms with Crippen LogP contribution in [0.1, 0.15) is 64.5 Å². The lowest BCUT2D eigenvalue weighted by atomic mass is 9.73. The minimum absolute atomic E-state index is 0.0297. The van der Waals surface area contributed by atoms with Crippen LogP contribution in [-0.2, 0) is 16.7 Å². The molecule has 1 aliphatic heterocycles. The van der Waals surface area contributed by atoms with E-state index in [-0.39, 0.29) is 5.41 Å². The van der Waals surface area contributed by atoms with Gasteiger partial charge in [-0.25, -0.2) is 4.98 Å². The Hall–Kier alpha value is -1.60. The molecule has 1 saturated heterocycles. The normalized spacial score (nSPS) is 21.2. The van der Waals surface area contributed by atoms with Crippen LogP contribution in [0.4, 0.5) is 0 Å². The highest BCUT2D eigenvalue weighted by Crippen LogP contribution is 2.36. The first kappa shape index (κ1) is 22.1. The molecule has 7 heteroatoms. The molecule has 164 valence electrons. The van der Waals surface area contributed by atoms with Crippen molar-refractivity contribution < 1.29 is 9.15 Å². The largest absolute Gasteiger partial charge is 0.443 e. The van der Waals surface area contributed by atoms with E-state index in [0.717, 1.165) is 51.1 Å². The summed E-state index contributed by atoms with van der Waals surface area (Å²) in [4.78, 5) is 11.4. The number of hydrogen-bond acceptors (Lipinski definition) is 5. The van der Waals surface area contributed by atoms with Gasteiger partial charge in [-0.3, -0.25) is 9.89 Å². The van der Waals surface area contributed by atoms with E-state index in [2.05, 4.69) is 46.3 Å². The Labute approximate surface area is 175 Å². The standard InChI is InChI=1S/C22H39N5O2/c1-21(2,3)18-14-24-19(29-18)15-25-20(23-4)26-16-22(8-6-5-7-9-22)17-27-10-12-28-13-11-27/h14H,5-13,15-17H2,1-4H3,(H2,23,25,26). The van der Waals surface area contributed by atoms with Gasteiger partial charge in [-0.05, 0) is 12.8 Å². The molecule has 7 nitrogen and oxygen atoms in total. The van der Waals surface area contributed by atoms with Gasteiger partial charge < -0.3 is 19.8 Å². The van der Waals surface area contributed by atoms with E-state index in [9.17, 15) is 0 Å². The minimum atomic E-state index is -0.0297. The fourth-order valence-corrected chi connectivity index (χ4v) is 4.32. The number of oxazole rings is 1. The Balaban J connectivity index is 1.53. The molecule has 3 rings (SSSR count). The van der Waals surface area contributed by atoms with Crippen molar-refractivity contribution in [1.82, 2.24) is 20.5 Å². The molecule has 2 heterocycles. The number of nitrogens with one attached hydrogen (secondary N) is 2. The summed E-state index contributed by atoms with van der Waals surface area (Å²) in [5.74, 6) is 2.41. The van der Waals surface area contributed by atoms with Crippen LogP contribution in [0.5, 0.6) is 0 Å². The van der Waals surface area contributed by atoms with Crippen molar-refractivity contribution in [2.75, 3.05) is 46.4 Å². The van der Waals surface area contributed by atoms with E-state index in [0.29, 0.717) is 17.9 Å². The number of nitrogens with zero attached hydrogens (tertiary/aromatic N) is 3. The van der Waals surface area contributed by atoms with E-state index in [1.165, 1.54) is 32.1 Å². The molecule has 1 saturated carbocycles. The number of rotatable bonds is 6. The summed E-state index contributed by atoms with van der Waals surface area (Å²) in [7, 11) is 1.82. The van der Waals surface area contributed by atoms with Gasteiger partial charge in [0, 0.05) is 44.1 Å². The van der Waals surface area contributed by atoms with E-state index in [4.69, 9.17) is 9.15 Å². The maximum absolute atomic E-state index is 5.88. The third-order valence-corrected chi connectivity index (χ3v) is 6.13. The maximum Gasteiger partial charge on any atom is 0.213 e. The van der Waals surface area contributed by atoms with Crippen LogP contribution in [0, 0.1) is 5.41 Å². The van der Waals surface area contributed by atoms with E-state index < -0.39 is 0 Å². The van der Waals surface area contributed by atoms with Gasteiger partial charge in [0.05, 0.1) is 26.0 Å². The monoisotopic (exact) mass is 405 g/mol. The van der Waals surface area contributed by atoms with Gasteiger partial charge in [0.1, 0.15) is 5.76 Å². The Morgan fingerprint density at radius 2 is 1.90 bits per heavy atom. The Morgan fingerprint density at radius 1 is 1.17 bits per heavy atom. The van der Waals surface area contributed by atoms with Crippen molar-refractivity contribution in [1.29, 1.82) is 0 Å². The highest BCUT2D eigenvalue weighted by atomic mass is 16.5. The van der Waals surface area contributed by atoms with E-state index in [1.807, 2.05) is 13.2 Å². The smallest absolute Gasteiger partial charge is 0.213 e. The van der Waals surface area contributed by atoms with Gasteiger partial charge in [0.2, 0.25) is 5.89 Å². The Kier molecular flexibility index (Phi) is 7.57. The molecule has 0 radical (unpaired) electrons. The van der Waals surface area contributed by atoms with Crippen molar-refractivity contribution in [2.45, 2.75) is 64.8 Å². The third-order valence-electron chi connectivity index (χ3n) is 6.13. The van der Waals surface area contributed by atoms with E-state index in [1.54, 1.807) is 0 Å². The quantitative estimate of drug-likeness (QED) is 0.560. The number of aliphatic imine (C=N–C) groups is 1. The van der Waals surface area contributed by atoms with Crippen molar-refractivity contribution in [2.24, 2.45) is 10.4 Å². The zero-order chi connectivity index (χ0) is 20.7. The summed E-state index contributed by atoms with van der Waals surface area (Å²) in [6.07, 6.45) is 8.39. The summed E-state index contributed by atoms with van der Waals surface area (Å²) >= 11 is 0. The summed E-state index contributed by atoms with van der Waals surface area (Å²) in [5.41, 5.74) is 0.285. The van der Waals surface area contributed by atoms with Crippen LogP contribution in [0.3, 0.4) is 0 Å². The van der Waals surface area contributed by atoms with Gasteiger partial charge in [0.25, 0.3) is 0 Å². The van der Waals surface area contributed by atoms with Gasteiger partial charge in [0.15, 0.2) is 5.96 Å². The summed E-state index contributed by atoms with van der Waals surface area (Å²) in [6, 6.07) is 0. The second-order valence-corrected chi connectivity index (χ2v) is 9.60. The highest BCUT2D eigenvalue weighted by molar-refractivity contribution is 5.79. The number of guanidine groups is 1. The van der Waals surface area contributed by atoms with Crippen molar-refractivity contribution in [3.8, 4) is 0 Å². The predicted molar refractivity (Wildman–Crippen MR) is 116 cm³/mol. The lowest BCUT2D eigenvalue weighted by molar-refractivity contribution is 0.00820. The predicted octanol–water partition coefficient (Wildman–Crippen LogP) is 2.92. The molecular formula is C22H39N5O2. The van der Waals surface area contributed by atoms with Gasteiger partial charge in [-0.1, -0.05) is 40.0 Å². The van der Waals surface area contributed by atoms with E-state index >= 15 is 0 Å². The zero-order valence-corrected chi connectivity index (χ0v) is 18.7. The molecule has 1 aliphatic carbocycles. The molecular weight excluding hydrogens is 366 g/mol. The number of morpholine rings is 1. The molecule has 2 fully saturated rings. The van der Waals surface area contributed by atoms with Gasteiger partial charge >= 0.3 is 0 Å². The maximum atomic E-state index is 5.88. The first-order valence-electron chi connectivity index (χ1n) is 11.1. The van der Waals surface area contributed by atoms with Crippen molar-refractivity contribution in [3.63, 3.8) is 0 Å². The molecule has 2 N–H and O–H groups in total. The lowest BCUT2D eigenvalue weighted by Crippen LogP contribution is -2.51. The molecule has 1 aromatic rings. The van der Waals surface area contributed by atoms with Crippen molar-refractivity contribution >= 4 is 5.96 Å². The zero-order valence-electron chi connectivity index (χ0n) is 18.7. The molecule has 1 aromatic heterocycles. The Morgan fingerprint density at radius 3 is 2.52 bits per heavy atom. The minimum Gasteiger partial charge on any atom is -0.443 e. The molecule has 0 bridgehead atoms. The molecule has 29 heavy (non-hydrogen) atoms. The SMILES string of the molecule is CN=C(NCc1ncc(C(C)(C)C)o1)NCC1(CN2CCOCC2)CCCCC1. The third kappa shape index (κ3) is 6.44. The summed E-state index contributed by atoms with van der Waals surface area (Å²) in [6.45, 7) is 12.8. The van der Waals surface area contributed by atoms with Gasteiger partial charge in [-0.2, -0.15) is 0 Å². The fraction of sp³-hybridized carbons (Fsp3) is 0.818. The highest BCUT2D eigenvalue weighted by Gasteiger charge is 2.34. The second-order valence-electron chi connectivity index (χ2n) is 9.60. The average Bonchev–Trinajstić information content (AvgIpc) is 3.19. The molecule has 0 unspecified atom stereocenters. The molecule has 0 spiro atoms. The Bertz CT molecular complexity index is 652. The first-order chi connectivity index (χ1) is 13.9. The van der Waals surface area contributed by atoms with Crippen molar-refractivity contribution in [3.05, 3.63) is 17.8 Å². The van der Waals surface area contributed by atoms with Crippen LogP contribution in [0.15, 0.2) is 15.6 Å². The fourth-order valence-electron chi connectivity index (χ4n) is 4.32. The van der Waals surface area contributed by atoms with Crippen LogP contribution in [0.2, 0.25) is 0 Å². The average molecular weight is 406 g/mol. The topological polar surface area (TPSA) is 74.9 Å². The number of aromatic nitrogens is 1. The van der Waals surface area contributed by atoms with Crippen LogP contribution in [-0.4, -0.2) is 62.3 Å². The molecule has 0 atom stereocenters. The number of ether oxygens (including phenoxy) is 1. The van der Waals surface area contributed by atoms with Crippen LogP contribution >= 0.6 is 0 Å². The lowest BCUT2D eigenvalue weighted by Gasteiger charge is -2.42. The molecule has 0 amide bonds. The summed E-state index contributed by atoms with van der Waals surface area (Å²) < 4.78 is 11.4. The first-order valence-corrected chi connectivity index (χ1v) is 11.1. The molecule has 2 aliphatic rings. The van der Waals surface area contributed by atoms with Crippen LogP contribution < -0.4 is 10.6 Å². The van der Waals surface area contributed by atoms with Gasteiger partial charge in [-0.15, -0.1) is 0 Å². The second kappa shape index (κ2) is 9.94.